The molecule has 7 heteroatoms. The number of benzene rings is 1. The summed E-state index contributed by atoms with van der Waals surface area (Å²) in [6.45, 7) is -0.338. The maximum absolute atomic E-state index is 12.8. The summed E-state index contributed by atoms with van der Waals surface area (Å²) in [4.78, 5) is 3.56. The number of imidazole rings is 1. The van der Waals surface area contributed by atoms with Crippen molar-refractivity contribution in [3.05, 3.63) is 30.1 Å². The number of hydrogen-bond acceptors (Lipinski definition) is 3. The first-order valence-electron chi connectivity index (χ1n) is 5.34. The van der Waals surface area contributed by atoms with Gasteiger partial charge in [-0.2, -0.15) is 13.2 Å². The zero-order chi connectivity index (χ0) is 13.3. The molecule has 0 aliphatic heterocycles. The Bertz CT molecular complexity index is 550. The van der Waals surface area contributed by atoms with Gasteiger partial charge < -0.3 is 15.4 Å². The molecule has 2 aromatic rings. The van der Waals surface area contributed by atoms with Crippen LogP contribution >= 0.6 is 0 Å². The van der Waals surface area contributed by atoms with Gasteiger partial charge in [0.25, 0.3) is 0 Å². The number of aromatic nitrogens is 2. The molecule has 3 N–H and O–H groups in total. The molecule has 2 rings (SSSR count). The fraction of sp³-hybridized carbons (Fsp3) is 0.364. The lowest BCUT2D eigenvalue weighted by atomic mass is 10.3. The van der Waals surface area contributed by atoms with Crippen LogP contribution in [0.25, 0.3) is 11.0 Å². The molecule has 1 unspecified atom stereocenters. The third-order valence-electron chi connectivity index (χ3n) is 2.57. The molecule has 0 aliphatic rings. The third-order valence-corrected chi connectivity index (χ3v) is 2.57. The highest BCUT2D eigenvalue weighted by molar-refractivity contribution is 5.76. The molecule has 0 spiro atoms. The maximum atomic E-state index is 12.8. The molecule has 1 aromatic heterocycles. The highest BCUT2D eigenvalue weighted by atomic mass is 19.4. The number of nitrogens with zero attached hydrogens (tertiary/aromatic N) is 2. The van der Waals surface area contributed by atoms with Gasteiger partial charge in [0.2, 0.25) is 5.82 Å². The summed E-state index contributed by atoms with van der Waals surface area (Å²) in [5.74, 6) is -1.02. The fourth-order valence-corrected chi connectivity index (χ4v) is 1.76. The monoisotopic (exact) mass is 259 g/mol. The summed E-state index contributed by atoms with van der Waals surface area (Å²) >= 11 is 0. The van der Waals surface area contributed by atoms with Crippen molar-refractivity contribution < 1.29 is 18.3 Å². The Morgan fingerprint density at radius 1 is 1.33 bits per heavy atom. The molecule has 0 bridgehead atoms. The van der Waals surface area contributed by atoms with Crippen molar-refractivity contribution in [3.8, 4) is 0 Å². The van der Waals surface area contributed by atoms with E-state index in [4.69, 9.17) is 5.73 Å². The van der Waals surface area contributed by atoms with E-state index in [0.717, 1.165) is 4.57 Å². The van der Waals surface area contributed by atoms with Gasteiger partial charge in [0.05, 0.1) is 23.7 Å². The lowest BCUT2D eigenvalue weighted by Gasteiger charge is -2.14. The van der Waals surface area contributed by atoms with Gasteiger partial charge in [-0.15, -0.1) is 0 Å². The maximum Gasteiger partial charge on any atom is 0.449 e. The molecule has 0 saturated carbocycles. The van der Waals surface area contributed by atoms with E-state index in [2.05, 4.69) is 4.98 Å². The first-order chi connectivity index (χ1) is 8.43. The van der Waals surface area contributed by atoms with E-state index in [1.165, 1.54) is 12.1 Å². The molecule has 1 aromatic carbocycles. The SMILES string of the molecule is NCC(O)Cn1c(C(F)(F)F)nc2ccccc21. The minimum atomic E-state index is -4.56. The van der Waals surface area contributed by atoms with E-state index in [-0.39, 0.29) is 18.6 Å². The van der Waals surface area contributed by atoms with Gasteiger partial charge in [0.1, 0.15) is 0 Å². The van der Waals surface area contributed by atoms with Gasteiger partial charge in [0, 0.05) is 6.54 Å². The van der Waals surface area contributed by atoms with Crippen LogP contribution < -0.4 is 5.73 Å². The Balaban J connectivity index is 2.58. The zero-order valence-corrected chi connectivity index (χ0v) is 9.35. The molecule has 0 saturated heterocycles. The largest absolute Gasteiger partial charge is 0.449 e. The van der Waals surface area contributed by atoms with Gasteiger partial charge in [-0.05, 0) is 12.1 Å². The Hall–Kier alpha value is -1.60. The standard InChI is InChI=1S/C11H12F3N3O/c12-11(13,14)10-16-8-3-1-2-4-9(8)17(10)6-7(18)5-15/h1-4,7,18H,5-6,15H2. The Kier molecular flexibility index (Phi) is 3.27. The predicted octanol–water partition coefficient (Wildman–Crippen LogP) is 1.37. The zero-order valence-electron chi connectivity index (χ0n) is 9.35. The van der Waals surface area contributed by atoms with Crippen molar-refractivity contribution in [3.63, 3.8) is 0 Å². The minimum Gasteiger partial charge on any atom is -0.390 e. The molecule has 0 aliphatic carbocycles. The van der Waals surface area contributed by atoms with Crippen LogP contribution in [0.4, 0.5) is 13.2 Å². The number of halogens is 3. The van der Waals surface area contributed by atoms with Gasteiger partial charge in [-0.1, -0.05) is 12.1 Å². The van der Waals surface area contributed by atoms with E-state index in [9.17, 15) is 18.3 Å². The van der Waals surface area contributed by atoms with E-state index in [1.54, 1.807) is 12.1 Å². The molecule has 1 atom stereocenters. The topological polar surface area (TPSA) is 64.1 Å². The highest BCUT2D eigenvalue weighted by Gasteiger charge is 2.37. The molecular weight excluding hydrogens is 247 g/mol. The van der Waals surface area contributed by atoms with Crippen LogP contribution in [0.3, 0.4) is 0 Å². The number of para-hydroxylation sites is 2. The second-order valence-corrected chi connectivity index (χ2v) is 3.92. The van der Waals surface area contributed by atoms with E-state index < -0.39 is 18.1 Å². The molecule has 0 amide bonds. The van der Waals surface area contributed by atoms with Crippen molar-refractivity contribution in [1.82, 2.24) is 9.55 Å². The summed E-state index contributed by atoms with van der Waals surface area (Å²) < 4.78 is 39.5. The summed E-state index contributed by atoms with van der Waals surface area (Å²) in [7, 11) is 0. The van der Waals surface area contributed by atoms with E-state index >= 15 is 0 Å². The van der Waals surface area contributed by atoms with Gasteiger partial charge in [-0.3, -0.25) is 0 Å². The van der Waals surface area contributed by atoms with Crippen LogP contribution in [0.2, 0.25) is 0 Å². The van der Waals surface area contributed by atoms with Crippen molar-refractivity contribution in [2.45, 2.75) is 18.8 Å². The molecule has 0 fully saturated rings. The van der Waals surface area contributed by atoms with Crippen molar-refractivity contribution in [1.29, 1.82) is 0 Å². The van der Waals surface area contributed by atoms with Crippen LogP contribution in [-0.4, -0.2) is 27.3 Å². The lowest BCUT2D eigenvalue weighted by molar-refractivity contribution is -0.147. The highest BCUT2D eigenvalue weighted by Crippen LogP contribution is 2.31. The lowest BCUT2D eigenvalue weighted by Crippen LogP contribution is -2.27. The second kappa shape index (κ2) is 4.58. The Morgan fingerprint density at radius 3 is 2.61 bits per heavy atom. The number of rotatable bonds is 3. The summed E-state index contributed by atoms with van der Waals surface area (Å²) in [5.41, 5.74) is 5.80. The molecule has 1 heterocycles. The third kappa shape index (κ3) is 2.32. The molecule has 18 heavy (non-hydrogen) atoms. The predicted molar refractivity (Wildman–Crippen MR) is 59.8 cm³/mol. The summed E-state index contributed by atoms with van der Waals surface area (Å²) in [5, 5.41) is 9.44. The van der Waals surface area contributed by atoms with Gasteiger partial charge in [-0.25, -0.2) is 4.98 Å². The number of fused-ring (bicyclic) bond motifs is 1. The number of hydrogen-bond donors (Lipinski definition) is 2. The number of nitrogens with two attached hydrogens (primary N) is 1. The number of aliphatic hydroxyl groups is 1. The summed E-state index contributed by atoms with van der Waals surface area (Å²) in [6.07, 6.45) is -5.60. The van der Waals surface area contributed by atoms with Crippen LogP contribution in [0, 0.1) is 0 Å². The average molecular weight is 259 g/mol. The van der Waals surface area contributed by atoms with Crippen LogP contribution in [0.15, 0.2) is 24.3 Å². The van der Waals surface area contributed by atoms with Crippen molar-refractivity contribution >= 4 is 11.0 Å². The minimum absolute atomic E-state index is 0.107. The Labute approximate surface area is 101 Å². The quantitative estimate of drug-likeness (QED) is 0.875. The molecule has 4 nitrogen and oxygen atoms in total. The number of aliphatic hydroxyl groups excluding tert-OH is 1. The van der Waals surface area contributed by atoms with E-state index in [1.807, 2.05) is 0 Å². The van der Waals surface area contributed by atoms with E-state index in [0.29, 0.717) is 5.52 Å². The second-order valence-electron chi connectivity index (χ2n) is 3.92. The smallest absolute Gasteiger partial charge is 0.390 e. The van der Waals surface area contributed by atoms with Gasteiger partial charge >= 0.3 is 6.18 Å². The van der Waals surface area contributed by atoms with Crippen LogP contribution in [-0.2, 0) is 12.7 Å². The first kappa shape index (κ1) is 12.8. The van der Waals surface area contributed by atoms with Gasteiger partial charge in [0.15, 0.2) is 0 Å². The Morgan fingerprint density at radius 2 is 2.00 bits per heavy atom. The van der Waals surface area contributed by atoms with Crippen LogP contribution in [0.5, 0.6) is 0 Å². The molecule has 98 valence electrons. The fourth-order valence-electron chi connectivity index (χ4n) is 1.76. The normalized spacial score (nSPS) is 14.1. The van der Waals surface area contributed by atoms with Crippen LogP contribution in [0.1, 0.15) is 5.82 Å². The van der Waals surface area contributed by atoms with Crippen molar-refractivity contribution in [2.24, 2.45) is 5.73 Å². The molecule has 0 radical (unpaired) electrons. The van der Waals surface area contributed by atoms with Crippen molar-refractivity contribution in [2.75, 3.05) is 6.54 Å². The first-order valence-corrected chi connectivity index (χ1v) is 5.34. The number of alkyl halides is 3. The molecular formula is C11H12F3N3O. The summed E-state index contributed by atoms with van der Waals surface area (Å²) in [6, 6.07) is 6.26. The average Bonchev–Trinajstić information content (AvgIpc) is 2.68.